The highest BCUT2D eigenvalue weighted by Crippen LogP contribution is 2.15. The van der Waals surface area contributed by atoms with Crippen LogP contribution in [-0.4, -0.2) is 56.2 Å². The van der Waals surface area contributed by atoms with Crippen LogP contribution in [-0.2, 0) is 30.3 Å². The normalized spacial score (nSPS) is 11.8. The molecule has 0 bridgehead atoms. The maximum atomic E-state index is 12.1. The van der Waals surface area contributed by atoms with Crippen molar-refractivity contribution in [2.75, 3.05) is 26.7 Å². The molecule has 0 aliphatic heterocycles. The summed E-state index contributed by atoms with van der Waals surface area (Å²) in [4.78, 5) is 46.9. The Morgan fingerprint density at radius 1 is 0.938 bits per heavy atom. The largest absolute Gasteiger partial charge is 0.469 e. The van der Waals surface area contributed by atoms with Crippen molar-refractivity contribution < 1.29 is 28.7 Å². The third kappa shape index (κ3) is 13.3. The summed E-state index contributed by atoms with van der Waals surface area (Å²) in [5.41, 5.74) is 0.486. The van der Waals surface area contributed by atoms with Gasteiger partial charge in [-0.15, -0.1) is 0 Å². The molecule has 0 heterocycles. The van der Waals surface area contributed by atoms with Gasteiger partial charge in [-0.1, -0.05) is 30.3 Å². The zero-order chi connectivity index (χ0) is 24.0. The molecule has 1 aromatic carbocycles. The lowest BCUT2D eigenvalue weighted by molar-refractivity contribution is -0.140. The number of esters is 1. The van der Waals surface area contributed by atoms with Gasteiger partial charge in [-0.05, 0) is 51.5 Å². The highest BCUT2D eigenvalue weighted by molar-refractivity contribution is 5.87. The Morgan fingerprint density at radius 2 is 1.56 bits per heavy atom. The Kier molecular flexibility index (Phi) is 11.8. The predicted molar refractivity (Wildman–Crippen MR) is 120 cm³/mol. The molecule has 178 valence electrons. The van der Waals surface area contributed by atoms with Crippen LogP contribution in [0.5, 0.6) is 0 Å². The molecular formula is C23H35N3O6. The van der Waals surface area contributed by atoms with Crippen LogP contribution < -0.4 is 16.0 Å². The molecule has 0 aliphatic rings. The van der Waals surface area contributed by atoms with E-state index in [1.807, 2.05) is 30.3 Å². The van der Waals surface area contributed by atoms with Gasteiger partial charge >= 0.3 is 12.1 Å². The highest BCUT2D eigenvalue weighted by Gasteiger charge is 2.17. The van der Waals surface area contributed by atoms with Crippen molar-refractivity contribution in [2.24, 2.45) is 5.92 Å². The molecule has 0 fully saturated rings. The van der Waals surface area contributed by atoms with E-state index in [9.17, 15) is 19.2 Å². The van der Waals surface area contributed by atoms with Crippen molar-refractivity contribution in [3.8, 4) is 0 Å². The molecule has 0 aromatic heterocycles. The van der Waals surface area contributed by atoms with Crippen LogP contribution in [0.3, 0.4) is 0 Å². The number of benzene rings is 1. The lowest BCUT2D eigenvalue weighted by atomic mass is 9.94. The number of carbonyl (C=O) groups excluding carboxylic acids is 4. The van der Waals surface area contributed by atoms with E-state index < -0.39 is 17.6 Å². The van der Waals surface area contributed by atoms with Gasteiger partial charge in [-0.3, -0.25) is 14.4 Å². The first kappa shape index (κ1) is 26.9. The summed E-state index contributed by atoms with van der Waals surface area (Å²) in [5.74, 6) is -0.947. The molecule has 9 heteroatoms. The lowest BCUT2D eigenvalue weighted by Gasteiger charge is -2.19. The van der Waals surface area contributed by atoms with E-state index in [4.69, 9.17) is 4.74 Å². The van der Waals surface area contributed by atoms with E-state index in [0.29, 0.717) is 19.4 Å². The number of carbonyl (C=O) groups is 4. The average Bonchev–Trinajstić information content (AvgIpc) is 2.73. The van der Waals surface area contributed by atoms with Crippen LogP contribution >= 0.6 is 0 Å². The maximum Gasteiger partial charge on any atom is 0.408 e. The minimum absolute atomic E-state index is 0.135. The molecule has 0 unspecified atom stereocenters. The molecule has 9 nitrogen and oxygen atoms in total. The number of nitrogens with one attached hydrogen (secondary N) is 3. The first-order chi connectivity index (χ1) is 15.1. The number of amides is 3. The molecule has 0 aliphatic carbocycles. The van der Waals surface area contributed by atoms with E-state index in [-0.39, 0.29) is 30.9 Å². The fraction of sp³-hybridized carbons (Fsp3) is 0.565. The summed E-state index contributed by atoms with van der Waals surface area (Å²) >= 11 is 0. The molecule has 32 heavy (non-hydrogen) atoms. The van der Waals surface area contributed by atoms with Gasteiger partial charge in [0.1, 0.15) is 12.1 Å². The van der Waals surface area contributed by atoms with Gasteiger partial charge in [0.2, 0.25) is 11.8 Å². The Balaban J connectivity index is 2.40. The van der Waals surface area contributed by atoms with E-state index >= 15 is 0 Å². The molecule has 0 radical (unpaired) electrons. The van der Waals surface area contributed by atoms with Crippen LogP contribution in [0, 0.1) is 5.92 Å². The number of hydrogen-bond acceptors (Lipinski definition) is 6. The zero-order valence-electron chi connectivity index (χ0n) is 19.4. The Hall–Kier alpha value is -3.10. The van der Waals surface area contributed by atoms with Gasteiger partial charge in [-0.2, -0.15) is 0 Å². The number of hydrogen-bond donors (Lipinski definition) is 3. The molecule has 3 N–H and O–H groups in total. The van der Waals surface area contributed by atoms with Crippen LogP contribution in [0.15, 0.2) is 30.3 Å². The molecule has 3 amide bonds. The minimum Gasteiger partial charge on any atom is -0.469 e. The predicted octanol–water partition coefficient (Wildman–Crippen LogP) is 1.95. The van der Waals surface area contributed by atoms with Crippen LogP contribution in [0.25, 0.3) is 0 Å². The second kappa shape index (κ2) is 14.1. The zero-order valence-corrected chi connectivity index (χ0v) is 19.4. The quantitative estimate of drug-likeness (QED) is 0.419. The monoisotopic (exact) mass is 449 g/mol. The Labute approximate surface area is 189 Å². The SMILES string of the molecule is COC(=O)CCC[C@@H](CNC(=O)CNC(=O)CNC(=O)OC(C)(C)C)Cc1ccccc1. The molecule has 0 saturated heterocycles. The second-order valence-corrected chi connectivity index (χ2v) is 8.46. The minimum atomic E-state index is -0.701. The van der Waals surface area contributed by atoms with Gasteiger partial charge in [-0.25, -0.2) is 4.79 Å². The topological polar surface area (TPSA) is 123 Å². The standard InChI is InChI=1S/C23H35N3O6/c1-23(2,3)32-22(30)26-16-20(28)25-15-19(27)24-14-18(11-8-12-21(29)31-4)13-17-9-6-5-7-10-17/h5-7,9-10,18H,8,11-16H2,1-4H3,(H,24,27)(H,25,28)(H,26,30)/t18-/m1/s1. The number of alkyl carbamates (subject to hydrolysis) is 1. The van der Waals surface area contributed by atoms with Crippen molar-refractivity contribution in [3.63, 3.8) is 0 Å². The molecule has 0 saturated carbocycles. The lowest BCUT2D eigenvalue weighted by Crippen LogP contribution is -2.43. The fourth-order valence-corrected chi connectivity index (χ4v) is 2.89. The first-order valence-corrected chi connectivity index (χ1v) is 10.7. The van der Waals surface area contributed by atoms with Crippen molar-refractivity contribution in [2.45, 2.75) is 52.1 Å². The van der Waals surface area contributed by atoms with E-state index in [0.717, 1.165) is 18.4 Å². The van der Waals surface area contributed by atoms with Crippen molar-refractivity contribution in [1.82, 2.24) is 16.0 Å². The summed E-state index contributed by atoms with van der Waals surface area (Å²) in [6.07, 6.45) is 1.79. The highest BCUT2D eigenvalue weighted by atomic mass is 16.6. The number of methoxy groups -OCH3 is 1. The van der Waals surface area contributed by atoms with E-state index in [2.05, 4.69) is 20.7 Å². The average molecular weight is 450 g/mol. The van der Waals surface area contributed by atoms with E-state index in [1.165, 1.54) is 7.11 Å². The number of rotatable bonds is 12. The van der Waals surface area contributed by atoms with Crippen LogP contribution in [0.2, 0.25) is 0 Å². The van der Waals surface area contributed by atoms with Gasteiger partial charge < -0.3 is 25.4 Å². The van der Waals surface area contributed by atoms with Gasteiger partial charge in [0.25, 0.3) is 0 Å². The third-order valence-corrected chi connectivity index (χ3v) is 4.41. The summed E-state index contributed by atoms with van der Waals surface area (Å²) in [7, 11) is 1.36. The van der Waals surface area contributed by atoms with Crippen LogP contribution in [0.4, 0.5) is 4.79 Å². The van der Waals surface area contributed by atoms with Gasteiger partial charge in [0.05, 0.1) is 13.7 Å². The van der Waals surface area contributed by atoms with E-state index in [1.54, 1.807) is 20.8 Å². The molecule has 1 atom stereocenters. The first-order valence-electron chi connectivity index (χ1n) is 10.7. The van der Waals surface area contributed by atoms with Crippen molar-refractivity contribution in [1.29, 1.82) is 0 Å². The molecular weight excluding hydrogens is 414 g/mol. The summed E-state index contributed by atoms with van der Waals surface area (Å²) in [5, 5.41) is 7.62. The molecule has 0 spiro atoms. The van der Waals surface area contributed by atoms with Crippen molar-refractivity contribution >= 4 is 23.9 Å². The maximum absolute atomic E-state index is 12.1. The fourth-order valence-electron chi connectivity index (χ4n) is 2.89. The summed E-state index contributed by atoms with van der Waals surface area (Å²) in [6, 6.07) is 9.90. The smallest absolute Gasteiger partial charge is 0.408 e. The van der Waals surface area contributed by atoms with Gasteiger partial charge in [0, 0.05) is 13.0 Å². The second-order valence-electron chi connectivity index (χ2n) is 8.46. The number of ether oxygens (including phenoxy) is 2. The van der Waals surface area contributed by atoms with Crippen molar-refractivity contribution in [3.05, 3.63) is 35.9 Å². The third-order valence-electron chi connectivity index (χ3n) is 4.41. The van der Waals surface area contributed by atoms with Crippen LogP contribution in [0.1, 0.15) is 45.6 Å². The molecule has 1 aromatic rings. The summed E-state index contributed by atoms with van der Waals surface area (Å²) < 4.78 is 9.72. The summed E-state index contributed by atoms with van der Waals surface area (Å²) in [6.45, 7) is 5.09. The van der Waals surface area contributed by atoms with Gasteiger partial charge in [0.15, 0.2) is 0 Å². The Bertz CT molecular complexity index is 746. The molecule has 1 rings (SSSR count). The Morgan fingerprint density at radius 3 is 2.19 bits per heavy atom.